The number of amides is 2. The van der Waals surface area contributed by atoms with Gasteiger partial charge in [0.05, 0.1) is 0 Å². The smallest absolute Gasteiger partial charge is 0.255 e. The van der Waals surface area contributed by atoms with Crippen LogP contribution < -0.4 is 5.32 Å². The Kier molecular flexibility index (Phi) is 3.70. The molecule has 18 heavy (non-hydrogen) atoms. The molecule has 1 atom stereocenters. The molecule has 2 rings (SSSR count). The molecule has 0 fully saturated rings. The number of halogens is 1. The van der Waals surface area contributed by atoms with Crippen molar-refractivity contribution < 1.29 is 9.59 Å². The quantitative estimate of drug-likeness (QED) is 0.828. The maximum absolute atomic E-state index is 11.7. The zero-order valence-corrected chi connectivity index (χ0v) is 12.3. The highest BCUT2D eigenvalue weighted by Crippen LogP contribution is 2.24. The number of anilines is 1. The number of carbonyl (C=O) groups is 2. The van der Waals surface area contributed by atoms with Crippen molar-refractivity contribution in [1.29, 1.82) is 0 Å². The fourth-order valence-electron chi connectivity index (χ4n) is 1.92. The highest BCUT2D eigenvalue weighted by molar-refractivity contribution is 14.1. The third-order valence-electron chi connectivity index (χ3n) is 2.78. The van der Waals surface area contributed by atoms with Crippen molar-refractivity contribution in [2.45, 2.75) is 20.0 Å². The van der Waals surface area contributed by atoms with E-state index in [1.165, 1.54) is 17.9 Å². The van der Waals surface area contributed by atoms with Crippen LogP contribution in [0.2, 0.25) is 0 Å². The van der Waals surface area contributed by atoms with Crippen LogP contribution in [0, 0.1) is 3.57 Å². The van der Waals surface area contributed by atoms with E-state index in [0.29, 0.717) is 0 Å². The predicted molar refractivity (Wildman–Crippen MR) is 77.9 cm³/mol. The molecule has 1 aromatic carbocycles. The number of nitrogens with zero attached hydrogens (tertiary/aromatic N) is 1. The van der Waals surface area contributed by atoms with Crippen LogP contribution in [0.4, 0.5) is 5.69 Å². The van der Waals surface area contributed by atoms with Crippen LogP contribution in [-0.2, 0) is 9.59 Å². The highest BCUT2D eigenvalue weighted by atomic mass is 127. The van der Waals surface area contributed by atoms with E-state index in [0.717, 1.165) is 14.8 Å². The van der Waals surface area contributed by atoms with Crippen LogP contribution in [0.15, 0.2) is 35.9 Å². The van der Waals surface area contributed by atoms with Crippen LogP contribution in [0.5, 0.6) is 0 Å². The number of hydrogen-bond donors (Lipinski definition) is 1. The van der Waals surface area contributed by atoms with Crippen molar-refractivity contribution in [2.24, 2.45) is 0 Å². The van der Waals surface area contributed by atoms with Crippen molar-refractivity contribution in [1.82, 2.24) is 4.90 Å². The lowest BCUT2D eigenvalue weighted by Gasteiger charge is -2.25. The van der Waals surface area contributed by atoms with Gasteiger partial charge in [0.2, 0.25) is 5.91 Å². The Morgan fingerprint density at radius 1 is 1.39 bits per heavy atom. The van der Waals surface area contributed by atoms with Crippen molar-refractivity contribution in [2.75, 3.05) is 5.32 Å². The van der Waals surface area contributed by atoms with Crippen molar-refractivity contribution in [3.63, 3.8) is 0 Å². The van der Waals surface area contributed by atoms with Crippen LogP contribution in [0.3, 0.4) is 0 Å². The van der Waals surface area contributed by atoms with Gasteiger partial charge in [-0.1, -0.05) is 12.1 Å². The van der Waals surface area contributed by atoms with Gasteiger partial charge < -0.3 is 5.32 Å². The van der Waals surface area contributed by atoms with Crippen molar-refractivity contribution >= 4 is 40.1 Å². The van der Waals surface area contributed by atoms with Crippen molar-refractivity contribution in [3.8, 4) is 0 Å². The minimum atomic E-state index is -0.383. The Morgan fingerprint density at radius 3 is 2.67 bits per heavy atom. The molecule has 0 aromatic heterocycles. The molecule has 0 saturated heterocycles. The molecule has 5 heteroatoms. The summed E-state index contributed by atoms with van der Waals surface area (Å²) in [7, 11) is 0. The first kappa shape index (κ1) is 13.1. The second-order valence-corrected chi connectivity index (χ2v) is 5.30. The summed E-state index contributed by atoms with van der Waals surface area (Å²) in [6.07, 6.45) is 1.11. The number of nitrogens with one attached hydrogen (secondary N) is 1. The van der Waals surface area contributed by atoms with Gasteiger partial charge in [-0.15, -0.1) is 0 Å². The van der Waals surface area contributed by atoms with Gasteiger partial charge in [0.1, 0.15) is 6.17 Å². The van der Waals surface area contributed by atoms with Gasteiger partial charge in [-0.3, -0.25) is 14.5 Å². The largest absolute Gasteiger partial charge is 0.360 e. The number of rotatable bonds is 2. The van der Waals surface area contributed by atoms with E-state index in [1.807, 2.05) is 31.2 Å². The Labute approximate surface area is 119 Å². The Bertz CT molecular complexity index is 540. The fraction of sp³-hybridized carbons (Fsp3) is 0.231. The average molecular weight is 356 g/mol. The monoisotopic (exact) mass is 356 g/mol. The zero-order chi connectivity index (χ0) is 13.3. The summed E-state index contributed by atoms with van der Waals surface area (Å²) in [6, 6.07) is 7.75. The molecule has 1 unspecified atom stereocenters. The first-order valence-corrected chi connectivity index (χ1v) is 6.61. The minimum absolute atomic E-state index is 0.253. The molecule has 1 aromatic rings. The first-order valence-electron chi connectivity index (χ1n) is 5.53. The highest BCUT2D eigenvalue weighted by Gasteiger charge is 2.33. The summed E-state index contributed by atoms with van der Waals surface area (Å²) in [5, 5.41) is 3.23. The van der Waals surface area contributed by atoms with E-state index in [9.17, 15) is 9.59 Å². The summed E-state index contributed by atoms with van der Waals surface area (Å²) < 4.78 is 1.05. The Morgan fingerprint density at radius 2 is 2.06 bits per heavy atom. The van der Waals surface area contributed by atoms with Gasteiger partial charge in [-0.2, -0.15) is 0 Å². The van der Waals surface area contributed by atoms with Gasteiger partial charge >= 0.3 is 0 Å². The topological polar surface area (TPSA) is 49.4 Å². The lowest BCUT2D eigenvalue weighted by atomic mass is 10.2. The molecular formula is C13H13IN2O2. The fourth-order valence-corrected chi connectivity index (χ4v) is 2.46. The third-order valence-corrected chi connectivity index (χ3v) is 3.72. The Balaban J connectivity index is 2.27. The van der Waals surface area contributed by atoms with E-state index in [1.54, 1.807) is 0 Å². The lowest BCUT2D eigenvalue weighted by molar-refractivity contribution is -0.140. The van der Waals surface area contributed by atoms with Gasteiger partial charge in [-0.05, 0) is 47.2 Å². The van der Waals surface area contributed by atoms with E-state index < -0.39 is 0 Å². The molecule has 1 heterocycles. The molecule has 1 aliphatic rings. The van der Waals surface area contributed by atoms with E-state index in [2.05, 4.69) is 27.9 Å². The molecule has 1 aliphatic heterocycles. The lowest BCUT2D eigenvalue weighted by Crippen LogP contribution is -2.43. The van der Waals surface area contributed by atoms with Gasteiger partial charge in [0, 0.05) is 22.3 Å². The summed E-state index contributed by atoms with van der Waals surface area (Å²) in [4.78, 5) is 24.5. The predicted octanol–water partition coefficient (Wildman–Crippen LogP) is 2.36. The molecule has 0 radical (unpaired) electrons. The second kappa shape index (κ2) is 5.09. The van der Waals surface area contributed by atoms with E-state index in [-0.39, 0.29) is 18.0 Å². The SMILES string of the molecule is CC(=O)N1C(=O)C=C(C)C1Nc1ccccc1I. The van der Waals surface area contributed by atoms with Crippen molar-refractivity contribution in [3.05, 3.63) is 39.5 Å². The zero-order valence-electron chi connectivity index (χ0n) is 10.1. The van der Waals surface area contributed by atoms with Gasteiger partial charge in [0.15, 0.2) is 0 Å². The Hall–Kier alpha value is -1.37. The standard InChI is InChI=1S/C13H13IN2O2/c1-8-7-12(18)16(9(2)17)13(8)15-11-6-4-3-5-10(11)14/h3-7,13,15H,1-2H3. The average Bonchev–Trinajstić information content (AvgIpc) is 2.57. The molecular weight excluding hydrogens is 343 g/mol. The normalized spacial score (nSPS) is 18.8. The van der Waals surface area contributed by atoms with Crippen LogP contribution in [-0.4, -0.2) is 22.9 Å². The van der Waals surface area contributed by atoms with Crippen LogP contribution in [0.1, 0.15) is 13.8 Å². The first-order chi connectivity index (χ1) is 8.50. The van der Waals surface area contributed by atoms with Crippen LogP contribution in [0.25, 0.3) is 0 Å². The molecule has 94 valence electrons. The summed E-state index contributed by atoms with van der Waals surface area (Å²) in [5.41, 5.74) is 1.76. The van der Waals surface area contributed by atoms with E-state index >= 15 is 0 Å². The van der Waals surface area contributed by atoms with Gasteiger partial charge in [-0.25, -0.2) is 0 Å². The van der Waals surface area contributed by atoms with Crippen LogP contribution >= 0.6 is 22.6 Å². The van der Waals surface area contributed by atoms with E-state index in [4.69, 9.17) is 0 Å². The molecule has 2 amide bonds. The molecule has 0 aliphatic carbocycles. The molecule has 0 saturated carbocycles. The molecule has 0 bridgehead atoms. The summed E-state index contributed by atoms with van der Waals surface area (Å²) in [5.74, 6) is -0.514. The maximum Gasteiger partial charge on any atom is 0.255 e. The molecule has 1 N–H and O–H groups in total. The number of benzene rings is 1. The molecule has 0 spiro atoms. The number of imide groups is 1. The summed E-state index contributed by atoms with van der Waals surface area (Å²) >= 11 is 2.21. The minimum Gasteiger partial charge on any atom is -0.360 e. The number of carbonyl (C=O) groups excluding carboxylic acids is 2. The summed E-state index contributed by atoms with van der Waals surface area (Å²) in [6.45, 7) is 3.24. The number of hydrogen-bond acceptors (Lipinski definition) is 3. The maximum atomic E-state index is 11.7. The van der Waals surface area contributed by atoms with Gasteiger partial charge in [0.25, 0.3) is 5.91 Å². The third kappa shape index (κ3) is 2.40. The number of para-hydroxylation sites is 1. The second-order valence-electron chi connectivity index (χ2n) is 4.14. The molecule has 4 nitrogen and oxygen atoms in total.